The molecular formula is C17H17FN2O3. The zero-order valence-corrected chi connectivity index (χ0v) is 12.7. The summed E-state index contributed by atoms with van der Waals surface area (Å²) in [5, 5.41) is 6.22. The molecule has 23 heavy (non-hydrogen) atoms. The minimum atomic E-state index is -0.419. The number of halogens is 1. The molecular weight excluding hydrogens is 299 g/mol. The van der Waals surface area contributed by atoms with E-state index in [1.165, 1.54) is 24.4 Å². The molecule has 6 heteroatoms. The Morgan fingerprint density at radius 2 is 2.04 bits per heavy atom. The molecule has 0 saturated heterocycles. The molecule has 0 heterocycles. The van der Waals surface area contributed by atoms with Gasteiger partial charge in [0.1, 0.15) is 11.6 Å². The van der Waals surface area contributed by atoms with Crippen LogP contribution in [0.1, 0.15) is 12.5 Å². The Morgan fingerprint density at radius 3 is 2.74 bits per heavy atom. The Labute approximate surface area is 133 Å². The molecule has 0 aliphatic rings. The maximum Gasteiger partial charge on any atom is 0.265 e. The zero-order chi connectivity index (χ0) is 16.5. The first-order chi connectivity index (χ1) is 11.2. The molecule has 1 N–H and O–H groups in total. The van der Waals surface area contributed by atoms with E-state index in [0.29, 0.717) is 12.3 Å². The third kappa shape index (κ3) is 5.78. The quantitative estimate of drug-likeness (QED) is 0.630. The van der Waals surface area contributed by atoms with Crippen LogP contribution in [0.25, 0.3) is 0 Å². The number of nitrogens with zero attached hydrogens (tertiary/aromatic N) is 1. The fourth-order valence-corrected chi connectivity index (χ4v) is 1.77. The van der Waals surface area contributed by atoms with E-state index in [0.717, 1.165) is 11.3 Å². The van der Waals surface area contributed by atoms with Crippen LogP contribution >= 0.6 is 0 Å². The van der Waals surface area contributed by atoms with E-state index in [9.17, 15) is 9.18 Å². The average molecular weight is 316 g/mol. The van der Waals surface area contributed by atoms with E-state index < -0.39 is 11.7 Å². The lowest BCUT2D eigenvalue weighted by Crippen LogP contribution is -2.17. The van der Waals surface area contributed by atoms with Gasteiger partial charge in [0.25, 0.3) is 5.91 Å². The molecule has 0 aliphatic carbocycles. The molecule has 0 aliphatic heterocycles. The molecule has 2 aromatic rings. The number of anilines is 1. The van der Waals surface area contributed by atoms with E-state index in [4.69, 9.17) is 9.57 Å². The highest BCUT2D eigenvalue weighted by atomic mass is 19.1. The molecule has 2 rings (SSSR count). The van der Waals surface area contributed by atoms with Crippen LogP contribution < -0.4 is 10.1 Å². The normalized spacial score (nSPS) is 10.5. The van der Waals surface area contributed by atoms with Crippen LogP contribution in [-0.2, 0) is 9.63 Å². The number of carbonyl (C=O) groups is 1. The van der Waals surface area contributed by atoms with Crippen LogP contribution in [0.15, 0.2) is 53.7 Å². The Morgan fingerprint density at radius 1 is 1.26 bits per heavy atom. The molecule has 0 fully saturated rings. The number of hydrogen-bond acceptors (Lipinski definition) is 4. The van der Waals surface area contributed by atoms with Crippen molar-refractivity contribution in [3.8, 4) is 5.75 Å². The monoisotopic (exact) mass is 316 g/mol. The van der Waals surface area contributed by atoms with Crippen LogP contribution in [0.4, 0.5) is 10.1 Å². The van der Waals surface area contributed by atoms with E-state index >= 15 is 0 Å². The van der Waals surface area contributed by atoms with Gasteiger partial charge in [0.05, 0.1) is 12.8 Å². The van der Waals surface area contributed by atoms with Gasteiger partial charge in [-0.15, -0.1) is 0 Å². The number of amides is 1. The topological polar surface area (TPSA) is 59.9 Å². The van der Waals surface area contributed by atoms with Crippen LogP contribution in [0.5, 0.6) is 5.75 Å². The Bertz CT molecular complexity index is 672. The van der Waals surface area contributed by atoms with Gasteiger partial charge in [-0.1, -0.05) is 11.2 Å². The predicted molar refractivity (Wildman–Crippen MR) is 86.2 cm³/mol. The summed E-state index contributed by atoms with van der Waals surface area (Å²) < 4.78 is 18.3. The first kappa shape index (κ1) is 16.5. The molecule has 0 saturated carbocycles. The lowest BCUT2D eigenvalue weighted by molar-refractivity contribution is -0.120. The van der Waals surface area contributed by atoms with E-state index in [1.54, 1.807) is 6.07 Å². The number of nitrogens with one attached hydrogen (secondary N) is 1. The fraction of sp³-hybridized carbons (Fsp3) is 0.176. The first-order valence-electron chi connectivity index (χ1n) is 7.11. The highest BCUT2D eigenvalue weighted by Gasteiger charge is 2.03. The fourth-order valence-electron chi connectivity index (χ4n) is 1.77. The van der Waals surface area contributed by atoms with Crippen molar-refractivity contribution in [3.05, 3.63) is 59.9 Å². The van der Waals surface area contributed by atoms with Crippen molar-refractivity contribution in [1.82, 2.24) is 0 Å². The largest absolute Gasteiger partial charge is 0.494 e. The standard InChI is InChI=1S/C17H17FN2O3/c1-2-22-16-8-6-13(7-9-16)11-19-23-12-17(21)20-15-5-3-4-14(18)10-15/h3-11H,2,12H2,1H3,(H,20,21)/b19-11+. The van der Waals surface area contributed by atoms with Crippen molar-refractivity contribution >= 4 is 17.8 Å². The van der Waals surface area contributed by atoms with E-state index in [2.05, 4.69) is 10.5 Å². The van der Waals surface area contributed by atoms with Crippen molar-refractivity contribution in [3.63, 3.8) is 0 Å². The van der Waals surface area contributed by atoms with Gasteiger partial charge in [-0.3, -0.25) is 4.79 Å². The van der Waals surface area contributed by atoms with Gasteiger partial charge in [0, 0.05) is 5.69 Å². The second-order valence-electron chi connectivity index (χ2n) is 4.57. The molecule has 1 amide bonds. The Hall–Kier alpha value is -2.89. The number of carbonyl (C=O) groups excluding carboxylic acids is 1. The van der Waals surface area contributed by atoms with Crippen molar-refractivity contribution in [2.45, 2.75) is 6.92 Å². The summed E-state index contributed by atoms with van der Waals surface area (Å²) in [5.74, 6) is -0.0586. The zero-order valence-electron chi connectivity index (χ0n) is 12.7. The molecule has 120 valence electrons. The van der Waals surface area contributed by atoms with Crippen molar-refractivity contribution in [1.29, 1.82) is 0 Å². The third-order valence-corrected chi connectivity index (χ3v) is 2.77. The summed E-state index contributed by atoms with van der Waals surface area (Å²) in [6, 6.07) is 12.9. The summed E-state index contributed by atoms with van der Waals surface area (Å²) in [4.78, 5) is 16.5. The SMILES string of the molecule is CCOc1ccc(/C=N/OCC(=O)Nc2cccc(F)c2)cc1. The molecule has 0 aromatic heterocycles. The first-order valence-corrected chi connectivity index (χ1v) is 7.11. The van der Waals surface area contributed by atoms with Crippen molar-refractivity contribution in [2.75, 3.05) is 18.5 Å². The molecule has 0 radical (unpaired) electrons. The van der Waals surface area contributed by atoms with Crippen LogP contribution in [0, 0.1) is 5.82 Å². The smallest absolute Gasteiger partial charge is 0.265 e. The number of ether oxygens (including phenoxy) is 1. The molecule has 0 spiro atoms. The van der Waals surface area contributed by atoms with Gasteiger partial charge in [0.15, 0.2) is 6.61 Å². The average Bonchev–Trinajstić information content (AvgIpc) is 2.53. The maximum absolute atomic E-state index is 13.0. The summed E-state index contributed by atoms with van der Waals surface area (Å²) in [7, 11) is 0. The lowest BCUT2D eigenvalue weighted by atomic mass is 10.2. The summed E-state index contributed by atoms with van der Waals surface area (Å²) >= 11 is 0. The number of rotatable bonds is 7. The van der Waals surface area contributed by atoms with Gasteiger partial charge in [-0.05, 0) is 55.0 Å². The molecule has 2 aromatic carbocycles. The van der Waals surface area contributed by atoms with Crippen molar-refractivity contribution < 1.29 is 18.8 Å². The maximum atomic E-state index is 13.0. The second-order valence-corrected chi connectivity index (χ2v) is 4.57. The minimum absolute atomic E-state index is 0.260. The van der Waals surface area contributed by atoms with E-state index in [1.807, 2.05) is 31.2 Å². The third-order valence-electron chi connectivity index (χ3n) is 2.77. The van der Waals surface area contributed by atoms with Gasteiger partial charge in [0.2, 0.25) is 0 Å². The summed E-state index contributed by atoms with van der Waals surface area (Å²) in [6.45, 7) is 2.26. The van der Waals surface area contributed by atoms with Crippen LogP contribution in [0.2, 0.25) is 0 Å². The van der Waals surface area contributed by atoms with Crippen molar-refractivity contribution in [2.24, 2.45) is 5.16 Å². The molecule has 0 unspecified atom stereocenters. The van der Waals surface area contributed by atoms with Gasteiger partial charge in [-0.2, -0.15) is 0 Å². The number of hydrogen-bond donors (Lipinski definition) is 1. The second kappa shape index (κ2) is 8.53. The highest BCUT2D eigenvalue weighted by Crippen LogP contribution is 2.11. The predicted octanol–water partition coefficient (Wildman–Crippen LogP) is 3.21. The summed E-state index contributed by atoms with van der Waals surface area (Å²) in [6.07, 6.45) is 1.49. The van der Waals surface area contributed by atoms with Crippen LogP contribution in [-0.4, -0.2) is 25.3 Å². The minimum Gasteiger partial charge on any atom is -0.494 e. The Kier molecular flexibility index (Phi) is 6.11. The van der Waals surface area contributed by atoms with E-state index in [-0.39, 0.29) is 6.61 Å². The molecule has 0 atom stereocenters. The molecule has 0 bridgehead atoms. The molecule has 5 nitrogen and oxygen atoms in total. The van der Waals surface area contributed by atoms with Gasteiger partial charge < -0.3 is 14.9 Å². The van der Waals surface area contributed by atoms with Gasteiger partial charge in [-0.25, -0.2) is 4.39 Å². The van der Waals surface area contributed by atoms with Crippen LogP contribution in [0.3, 0.4) is 0 Å². The number of benzene rings is 2. The highest BCUT2D eigenvalue weighted by molar-refractivity contribution is 5.91. The van der Waals surface area contributed by atoms with Gasteiger partial charge >= 0.3 is 0 Å². The number of oxime groups is 1. The summed E-state index contributed by atoms with van der Waals surface area (Å²) in [5.41, 5.74) is 1.19. The lowest BCUT2D eigenvalue weighted by Gasteiger charge is -2.04. The Balaban J connectivity index is 1.76.